The molecule has 0 saturated carbocycles. The highest BCUT2D eigenvalue weighted by Crippen LogP contribution is 2.32. The highest BCUT2D eigenvalue weighted by Gasteiger charge is 2.14. The van der Waals surface area contributed by atoms with E-state index in [2.05, 4.69) is 29.4 Å². The van der Waals surface area contributed by atoms with Crippen molar-refractivity contribution < 1.29 is 14.3 Å². The molecule has 4 rings (SSSR count). The second-order valence-corrected chi connectivity index (χ2v) is 7.00. The number of anilines is 1. The molecule has 1 aliphatic heterocycles. The fourth-order valence-electron chi connectivity index (χ4n) is 2.72. The van der Waals surface area contributed by atoms with E-state index in [1.54, 1.807) is 0 Å². The van der Waals surface area contributed by atoms with Gasteiger partial charge in [0.1, 0.15) is 0 Å². The van der Waals surface area contributed by atoms with Gasteiger partial charge in [0.25, 0.3) is 0 Å². The van der Waals surface area contributed by atoms with Crippen molar-refractivity contribution in [2.24, 2.45) is 0 Å². The van der Waals surface area contributed by atoms with Gasteiger partial charge in [0.2, 0.25) is 12.7 Å². The van der Waals surface area contributed by atoms with Gasteiger partial charge in [-0.15, -0.1) is 11.3 Å². The monoisotopic (exact) mass is 366 g/mol. The molecule has 0 atom stereocenters. The van der Waals surface area contributed by atoms with E-state index in [0.29, 0.717) is 18.0 Å². The Morgan fingerprint density at radius 3 is 2.81 bits per heavy atom. The topological polar surface area (TPSA) is 60.5 Å². The first-order valence-corrected chi connectivity index (χ1v) is 9.26. The predicted octanol–water partition coefficient (Wildman–Crippen LogP) is 4.42. The minimum absolute atomic E-state index is 0.0486. The highest BCUT2D eigenvalue weighted by atomic mass is 32.1. The summed E-state index contributed by atoms with van der Waals surface area (Å²) in [6, 6.07) is 13.9. The first-order chi connectivity index (χ1) is 12.7. The number of amides is 1. The molecular weight excluding hydrogens is 348 g/mol. The number of benzene rings is 2. The Bertz CT molecular complexity index is 934. The van der Waals surface area contributed by atoms with E-state index in [4.69, 9.17) is 9.47 Å². The first kappa shape index (κ1) is 16.6. The minimum Gasteiger partial charge on any atom is -0.454 e. The van der Waals surface area contributed by atoms with Crippen molar-refractivity contribution in [2.75, 3.05) is 12.1 Å². The van der Waals surface area contributed by atoms with E-state index >= 15 is 0 Å². The second kappa shape index (κ2) is 7.17. The molecule has 0 fully saturated rings. The van der Waals surface area contributed by atoms with Crippen molar-refractivity contribution in [1.82, 2.24) is 4.98 Å². The van der Waals surface area contributed by atoms with E-state index in [0.717, 1.165) is 28.3 Å². The van der Waals surface area contributed by atoms with Crippen LogP contribution in [-0.4, -0.2) is 17.7 Å². The SMILES string of the molecule is Cc1ccc(-c2csc(NC(=O)CCc3ccc4c(c3)OCO4)n2)cc1. The molecule has 1 aromatic heterocycles. The van der Waals surface area contributed by atoms with Gasteiger partial charge in [-0.2, -0.15) is 0 Å². The quantitative estimate of drug-likeness (QED) is 0.726. The molecule has 6 heteroatoms. The molecule has 1 N–H and O–H groups in total. The molecule has 2 aromatic carbocycles. The summed E-state index contributed by atoms with van der Waals surface area (Å²) in [6.07, 6.45) is 1.03. The lowest BCUT2D eigenvalue weighted by Crippen LogP contribution is -2.12. The normalized spacial score (nSPS) is 12.2. The Kier molecular flexibility index (Phi) is 4.58. The molecule has 132 valence electrons. The average molecular weight is 366 g/mol. The van der Waals surface area contributed by atoms with Crippen molar-refractivity contribution in [3.8, 4) is 22.8 Å². The molecule has 0 radical (unpaired) electrons. The van der Waals surface area contributed by atoms with E-state index in [9.17, 15) is 4.79 Å². The predicted molar refractivity (Wildman–Crippen MR) is 102 cm³/mol. The Morgan fingerprint density at radius 1 is 1.15 bits per heavy atom. The lowest BCUT2D eigenvalue weighted by molar-refractivity contribution is -0.116. The van der Waals surface area contributed by atoms with Crippen molar-refractivity contribution in [3.63, 3.8) is 0 Å². The van der Waals surface area contributed by atoms with Crippen molar-refractivity contribution in [3.05, 3.63) is 59.0 Å². The molecule has 2 heterocycles. The van der Waals surface area contributed by atoms with Crippen molar-refractivity contribution in [1.29, 1.82) is 0 Å². The number of hydrogen-bond acceptors (Lipinski definition) is 5. The van der Waals surface area contributed by atoms with E-state index in [-0.39, 0.29) is 12.7 Å². The summed E-state index contributed by atoms with van der Waals surface area (Å²) < 4.78 is 10.7. The number of aromatic nitrogens is 1. The maximum Gasteiger partial charge on any atom is 0.231 e. The summed E-state index contributed by atoms with van der Waals surface area (Å²) >= 11 is 1.44. The first-order valence-electron chi connectivity index (χ1n) is 8.38. The third kappa shape index (κ3) is 3.70. The van der Waals surface area contributed by atoms with Gasteiger partial charge in [-0.25, -0.2) is 4.98 Å². The zero-order chi connectivity index (χ0) is 17.9. The van der Waals surface area contributed by atoms with Crippen LogP contribution < -0.4 is 14.8 Å². The van der Waals surface area contributed by atoms with Gasteiger partial charge in [0, 0.05) is 17.4 Å². The van der Waals surface area contributed by atoms with Gasteiger partial charge in [-0.3, -0.25) is 4.79 Å². The van der Waals surface area contributed by atoms with Gasteiger partial charge in [-0.05, 0) is 31.0 Å². The molecular formula is C20H18N2O3S. The number of rotatable bonds is 5. The van der Waals surface area contributed by atoms with Crippen LogP contribution in [0.15, 0.2) is 47.8 Å². The molecule has 0 unspecified atom stereocenters. The van der Waals surface area contributed by atoms with Crippen LogP contribution in [0.3, 0.4) is 0 Å². The van der Waals surface area contributed by atoms with E-state index in [1.165, 1.54) is 16.9 Å². The van der Waals surface area contributed by atoms with Crippen LogP contribution in [0.2, 0.25) is 0 Å². The van der Waals surface area contributed by atoms with Gasteiger partial charge in [-0.1, -0.05) is 35.9 Å². The summed E-state index contributed by atoms with van der Waals surface area (Å²) in [7, 11) is 0. The van der Waals surface area contributed by atoms with E-state index < -0.39 is 0 Å². The van der Waals surface area contributed by atoms with Crippen molar-refractivity contribution >= 4 is 22.4 Å². The van der Waals surface area contributed by atoms with Gasteiger partial charge >= 0.3 is 0 Å². The van der Waals surface area contributed by atoms with Crippen LogP contribution >= 0.6 is 11.3 Å². The van der Waals surface area contributed by atoms with Crippen LogP contribution in [0.4, 0.5) is 5.13 Å². The largest absolute Gasteiger partial charge is 0.454 e. The average Bonchev–Trinajstić information content (AvgIpc) is 3.29. The smallest absolute Gasteiger partial charge is 0.231 e. The standard InChI is InChI=1S/C20H18N2O3S/c1-13-2-6-15(7-3-13)16-11-26-20(21-16)22-19(23)9-5-14-4-8-17-18(10-14)25-12-24-17/h2-4,6-8,10-11H,5,9,12H2,1H3,(H,21,22,23). The maximum atomic E-state index is 12.2. The molecule has 0 saturated heterocycles. The number of hydrogen-bond donors (Lipinski definition) is 1. The lowest BCUT2D eigenvalue weighted by atomic mass is 10.1. The Morgan fingerprint density at radius 2 is 1.96 bits per heavy atom. The molecule has 0 aliphatic carbocycles. The third-order valence-corrected chi connectivity index (χ3v) is 4.93. The molecule has 3 aromatic rings. The molecule has 0 spiro atoms. The number of carbonyl (C=O) groups excluding carboxylic acids is 1. The number of nitrogens with one attached hydrogen (secondary N) is 1. The van der Waals surface area contributed by atoms with E-state index in [1.807, 2.05) is 35.7 Å². The van der Waals surface area contributed by atoms with Crippen LogP contribution in [-0.2, 0) is 11.2 Å². The summed E-state index contributed by atoms with van der Waals surface area (Å²) in [6.45, 7) is 2.31. The van der Waals surface area contributed by atoms with Gasteiger partial charge < -0.3 is 14.8 Å². The van der Waals surface area contributed by atoms with Gasteiger partial charge in [0.15, 0.2) is 16.6 Å². The fourth-order valence-corrected chi connectivity index (χ4v) is 3.46. The Labute approximate surface area is 155 Å². The number of carbonyl (C=O) groups is 1. The Balaban J connectivity index is 1.34. The summed E-state index contributed by atoms with van der Waals surface area (Å²) in [4.78, 5) is 16.7. The summed E-state index contributed by atoms with van der Waals surface area (Å²) in [5, 5.41) is 5.46. The minimum atomic E-state index is -0.0486. The molecule has 5 nitrogen and oxygen atoms in total. The number of thiazole rings is 1. The fraction of sp³-hybridized carbons (Fsp3) is 0.200. The maximum absolute atomic E-state index is 12.2. The molecule has 1 aliphatic rings. The second-order valence-electron chi connectivity index (χ2n) is 6.14. The number of fused-ring (bicyclic) bond motifs is 1. The third-order valence-electron chi connectivity index (χ3n) is 4.18. The molecule has 26 heavy (non-hydrogen) atoms. The van der Waals surface area contributed by atoms with Crippen LogP contribution in [0.5, 0.6) is 11.5 Å². The zero-order valence-corrected chi connectivity index (χ0v) is 15.1. The molecule has 1 amide bonds. The zero-order valence-electron chi connectivity index (χ0n) is 14.3. The summed E-state index contributed by atoms with van der Waals surface area (Å²) in [5.74, 6) is 1.45. The molecule has 0 bridgehead atoms. The summed E-state index contributed by atoms with van der Waals surface area (Å²) in [5.41, 5.74) is 4.18. The highest BCUT2D eigenvalue weighted by molar-refractivity contribution is 7.14. The van der Waals surface area contributed by atoms with Gasteiger partial charge in [0.05, 0.1) is 5.69 Å². The van der Waals surface area contributed by atoms with Crippen molar-refractivity contribution in [2.45, 2.75) is 19.8 Å². The van der Waals surface area contributed by atoms with Crippen LogP contribution in [0, 0.1) is 6.92 Å². The number of aryl methyl sites for hydroxylation is 2. The Hall–Kier alpha value is -2.86. The lowest BCUT2D eigenvalue weighted by Gasteiger charge is -2.04. The van der Waals surface area contributed by atoms with Crippen LogP contribution in [0.25, 0.3) is 11.3 Å². The number of ether oxygens (including phenoxy) is 2. The van der Waals surface area contributed by atoms with Crippen LogP contribution in [0.1, 0.15) is 17.5 Å². The number of nitrogens with zero attached hydrogens (tertiary/aromatic N) is 1.